The number of ketones is 3. The Hall–Kier alpha value is -7.25. The van der Waals surface area contributed by atoms with Crippen LogP contribution in [-0.2, 0) is 42.8 Å². The van der Waals surface area contributed by atoms with Crippen molar-refractivity contribution in [3.05, 3.63) is 70.0 Å². The minimum absolute atomic E-state index is 0.0155. The van der Waals surface area contributed by atoms with Gasteiger partial charge in [0.25, 0.3) is 5.69 Å². The zero-order valence-electron chi connectivity index (χ0n) is 42.7. The number of nitrogen functional groups attached to an aromatic ring is 1. The molecule has 0 saturated carbocycles. The van der Waals surface area contributed by atoms with Crippen LogP contribution in [0.15, 0.2) is 42.5 Å². The highest BCUT2D eigenvalue weighted by atomic mass is 19.1. The molecule has 3 aromatic rings. The summed E-state index contributed by atoms with van der Waals surface area (Å²) in [4.78, 5) is 90.1. The van der Waals surface area contributed by atoms with Gasteiger partial charge in [0.15, 0.2) is 5.82 Å². The predicted molar refractivity (Wildman–Crippen MR) is 272 cm³/mol. The van der Waals surface area contributed by atoms with E-state index in [0.29, 0.717) is 147 Å². The predicted octanol–water partition coefficient (Wildman–Crippen LogP) is 6.56. The van der Waals surface area contributed by atoms with E-state index in [1.54, 1.807) is 23.1 Å². The highest BCUT2D eigenvalue weighted by molar-refractivity contribution is 5.95. The van der Waals surface area contributed by atoms with Crippen LogP contribution in [0.4, 0.5) is 73.1 Å². The van der Waals surface area contributed by atoms with E-state index in [1.807, 2.05) is 9.80 Å². The molecule has 6 saturated heterocycles. The van der Waals surface area contributed by atoms with E-state index < -0.39 is 46.6 Å². The molecule has 2 N–H and O–H groups in total. The summed E-state index contributed by atoms with van der Waals surface area (Å²) in [5.74, 6) is -1.39. The Morgan fingerprint density at radius 1 is 0.539 bits per heavy atom. The van der Waals surface area contributed by atoms with Crippen LogP contribution in [0.1, 0.15) is 59.3 Å². The lowest BCUT2D eigenvalue weighted by molar-refractivity contribution is -0.384. The smallest absolute Gasteiger partial charge is 0.414 e. The lowest BCUT2D eigenvalue weighted by Crippen LogP contribution is -2.37. The Morgan fingerprint density at radius 2 is 0.908 bits per heavy atom. The standard InChI is InChI=1S/C17H20FN3O6.C17H22FN3O4.C17H21FN2O4/c1-11(22)2-3-12-10-20(17(23)27-12)15-9-14(19-4-6-26-7-5-19)13(18)8-16(15)21(24)25;1-11(22)2-3-12-10-21(17(23)25-12)16-9-15(13(18)8-14(16)19)20-4-6-24-7-5-20;1-12(21)2-4-14-11-20(17(22)24-14)13-3-5-15(18)16(10-13)19-6-8-23-9-7-19/h8-9,12H,2-7,10H2,1H3;8-9,12H,2-7,10,19H2,1H3;3,5,10,14H,2,4,6-9,11H2,1H3/t2*12-;14-/m000/s1. The number of ether oxygens (including phenoxy) is 6. The number of nitrogens with two attached hydrogens (primary N) is 1. The number of cyclic esters (lactones) is 3. The number of hydrogen-bond acceptors (Lipinski definition) is 18. The second kappa shape index (κ2) is 26.0. The molecular formula is C51H63F3N8O14. The number of Topliss-reactive ketones (excluding diaryl/α,β-unsaturated/α-hetero) is 3. The molecule has 6 heterocycles. The van der Waals surface area contributed by atoms with Crippen molar-refractivity contribution in [1.29, 1.82) is 0 Å². The number of halogens is 3. The molecule has 0 aromatic heterocycles. The fourth-order valence-electron chi connectivity index (χ4n) is 9.22. The van der Waals surface area contributed by atoms with Crippen molar-refractivity contribution in [2.24, 2.45) is 0 Å². The summed E-state index contributed by atoms with van der Waals surface area (Å²) in [5, 5.41) is 11.4. The molecule has 0 bridgehead atoms. The molecule has 76 heavy (non-hydrogen) atoms. The maximum absolute atomic E-state index is 14.5. The summed E-state index contributed by atoms with van der Waals surface area (Å²) < 4.78 is 74.7. The van der Waals surface area contributed by atoms with E-state index in [1.165, 1.54) is 48.8 Å². The average Bonchev–Trinajstić information content (AvgIpc) is 4.10. The Morgan fingerprint density at radius 3 is 1.33 bits per heavy atom. The number of nitro benzene ring substituents is 1. The zero-order chi connectivity index (χ0) is 54.6. The van der Waals surface area contributed by atoms with Crippen LogP contribution in [0.5, 0.6) is 0 Å². The first-order valence-electron chi connectivity index (χ1n) is 25.1. The monoisotopic (exact) mass is 1070 g/mol. The van der Waals surface area contributed by atoms with Crippen LogP contribution in [0.25, 0.3) is 0 Å². The van der Waals surface area contributed by atoms with Gasteiger partial charge >= 0.3 is 18.3 Å². The zero-order valence-corrected chi connectivity index (χ0v) is 42.7. The molecule has 6 aliphatic heterocycles. The van der Waals surface area contributed by atoms with Gasteiger partial charge in [0.2, 0.25) is 0 Å². The van der Waals surface area contributed by atoms with Crippen molar-refractivity contribution in [1.82, 2.24) is 0 Å². The number of rotatable bonds is 16. The van der Waals surface area contributed by atoms with Gasteiger partial charge in [0.05, 0.1) is 98.7 Å². The van der Waals surface area contributed by atoms with Gasteiger partial charge in [-0.15, -0.1) is 0 Å². The highest BCUT2D eigenvalue weighted by Crippen LogP contribution is 2.39. The maximum Gasteiger partial charge on any atom is 0.414 e. The summed E-state index contributed by atoms with van der Waals surface area (Å²) in [5.41, 5.74) is 7.68. The lowest BCUT2D eigenvalue weighted by Gasteiger charge is -2.30. The normalized spacial score (nSPS) is 20.6. The van der Waals surface area contributed by atoms with E-state index in [-0.39, 0.29) is 65.4 Å². The number of carbonyl (C=O) groups is 6. The molecular weight excluding hydrogens is 1010 g/mol. The fraction of sp³-hybridized carbons (Fsp3) is 0.529. The number of hydrogen-bond donors (Lipinski definition) is 1. The fourth-order valence-corrected chi connectivity index (χ4v) is 9.22. The van der Waals surface area contributed by atoms with Crippen LogP contribution in [-0.4, -0.2) is 157 Å². The van der Waals surface area contributed by atoms with Crippen LogP contribution in [0, 0.1) is 27.6 Å². The molecule has 0 radical (unpaired) electrons. The Balaban J connectivity index is 0.000000166. The summed E-state index contributed by atoms with van der Waals surface area (Å²) in [6, 6.07) is 9.59. The number of morpholine rings is 3. The first kappa shape index (κ1) is 56.5. The lowest BCUT2D eigenvalue weighted by atomic mass is 10.1. The molecule has 412 valence electrons. The van der Waals surface area contributed by atoms with Crippen LogP contribution >= 0.6 is 0 Å². The van der Waals surface area contributed by atoms with Crippen molar-refractivity contribution in [3.63, 3.8) is 0 Å². The van der Waals surface area contributed by atoms with Gasteiger partial charge in [0.1, 0.15) is 53.0 Å². The molecule has 0 spiro atoms. The Kier molecular flexibility index (Phi) is 19.3. The van der Waals surface area contributed by atoms with Gasteiger partial charge < -0.3 is 63.2 Å². The van der Waals surface area contributed by atoms with E-state index in [9.17, 15) is 52.1 Å². The van der Waals surface area contributed by atoms with Crippen molar-refractivity contribution in [2.45, 2.75) is 77.6 Å². The highest BCUT2D eigenvalue weighted by Gasteiger charge is 2.38. The number of benzene rings is 3. The van der Waals surface area contributed by atoms with E-state index >= 15 is 0 Å². The van der Waals surface area contributed by atoms with Gasteiger partial charge in [-0.05, 0) is 70.4 Å². The average molecular weight is 1070 g/mol. The number of carbonyl (C=O) groups excluding carboxylic acids is 6. The molecule has 3 atom stereocenters. The van der Waals surface area contributed by atoms with Crippen molar-refractivity contribution < 1.29 is 75.3 Å². The van der Waals surface area contributed by atoms with E-state index in [4.69, 9.17) is 34.2 Å². The molecule has 3 amide bonds. The molecule has 0 unspecified atom stereocenters. The summed E-state index contributed by atoms with van der Waals surface area (Å²) >= 11 is 0. The van der Waals surface area contributed by atoms with Gasteiger partial charge in [-0.1, -0.05) is 0 Å². The molecule has 9 rings (SSSR count). The van der Waals surface area contributed by atoms with Gasteiger partial charge in [-0.25, -0.2) is 27.6 Å². The van der Waals surface area contributed by atoms with Crippen molar-refractivity contribution in [3.8, 4) is 0 Å². The molecule has 6 fully saturated rings. The molecule has 6 aliphatic rings. The first-order chi connectivity index (χ1) is 36.4. The number of nitro groups is 1. The second-order valence-electron chi connectivity index (χ2n) is 18.9. The summed E-state index contributed by atoms with van der Waals surface area (Å²) in [6.45, 7) is 11.5. The van der Waals surface area contributed by atoms with Gasteiger partial charge in [-0.2, -0.15) is 0 Å². The quantitative estimate of drug-likeness (QED) is 0.0690. The Bertz CT molecular complexity index is 2630. The van der Waals surface area contributed by atoms with Gasteiger partial charge in [-0.3, -0.25) is 24.8 Å². The molecule has 0 aliphatic carbocycles. The number of nitrogens with zero attached hydrogens (tertiary/aromatic N) is 7. The number of amides is 3. The first-order valence-corrected chi connectivity index (χ1v) is 25.1. The van der Waals surface area contributed by atoms with Crippen molar-refractivity contribution in [2.75, 3.05) is 134 Å². The van der Waals surface area contributed by atoms with Crippen LogP contribution in [0.3, 0.4) is 0 Å². The third-order valence-electron chi connectivity index (χ3n) is 13.3. The summed E-state index contributed by atoms with van der Waals surface area (Å²) in [7, 11) is 0. The maximum atomic E-state index is 14.5. The third kappa shape index (κ3) is 14.6. The van der Waals surface area contributed by atoms with Crippen molar-refractivity contribution >= 4 is 81.1 Å². The molecule has 22 nitrogen and oxygen atoms in total. The second-order valence-corrected chi connectivity index (χ2v) is 18.9. The van der Waals surface area contributed by atoms with Crippen LogP contribution in [0.2, 0.25) is 0 Å². The topological polar surface area (TPSA) is 246 Å². The number of anilines is 7. The molecule has 25 heteroatoms. The minimum atomic E-state index is -0.744. The Labute approximate surface area is 436 Å². The SMILES string of the molecule is CC(=O)CC[C@H]1CN(c2cc(N3CCOCC3)c(F)cc2N)C(=O)O1.CC(=O)CC[C@H]1CN(c2cc(N3CCOCC3)c(F)cc2[N+](=O)[O-])C(=O)O1.CC(=O)CC[C@H]1CN(c2ccc(F)c(N3CCOCC3)c2)C(=O)O1. The minimum Gasteiger partial charge on any atom is -0.444 e. The van der Waals surface area contributed by atoms with Gasteiger partial charge in [0, 0.05) is 70.3 Å². The summed E-state index contributed by atoms with van der Waals surface area (Å²) in [6.07, 6.45) is -0.653. The van der Waals surface area contributed by atoms with E-state index in [0.717, 1.165) is 11.0 Å². The largest absolute Gasteiger partial charge is 0.444 e. The third-order valence-corrected chi connectivity index (χ3v) is 13.3. The van der Waals surface area contributed by atoms with Crippen LogP contribution < -0.4 is 35.1 Å². The molecule has 3 aromatic carbocycles. The van der Waals surface area contributed by atoms with E-state index in [2.05, 4.69) is 0 Å².